The first kappa shape index (κ1) is 7.00. The van der Waals surface area contributed by atoms with E-state index in [4.69, 9.17) is 0 Å². The molecule has 42 valence electrons. The third-order valence-corrected chi connectivity index (χ3v) is 1.42. The van der Waals surface area contributed by atoms with Gasteiger partial charge in [-0.3, -0.25) is 0 Å². The van der Waals surface area contributed by atoms with E-state index in [1.165, 1.54) is 5.92 Å². The third kappa shape index (κ3) is 2.67. The minimum atomic E-state index is 0.708. The van der Waals surface area contributed by atoms with Gasteiger partial charge in [-0.1, -0.05) is 34.1 Å². The summed E-state index contributed by atoms with van der Waals surface area (Å²) in [6.45, 7) is 10.3. The lowest BCUT2D eigenvalue weighted by atomic mass is 9.96. The van der Waals surface area contributed by atoms with Crippen LogP contribution in [0.15, 0.2) is 0 Å². The minimum Gasteiger partial charge on any atom is -0.0620 e. The van der Waals surface area contributed by atoms with Crippen LogP contribution in [0.25, 0.3) is 0 Å². The molecule has 0 bridgehead atoms. The molecular formula is C7H14. The Labute approximate surface area is 46.9 Å². The Hall–Kier alpha value is 0. The van der Waals surface area contributed by atoms with Gasteiger partial charge in [0.1, 0.15) is 0 Å². The van der Waals surface area contributed by atoms with Gasteiger partial charge >= 0.3 is 0 Å². The van der Waals surface area contributed by atoms with Crippen LogP contribution in [-0.4, -0.2) is 0 Å². The summed E-state index contributed by atoms with van der Waals surface area (Å²) in [5.41, 5.74) is 0. The van der Waals surface area contributed by atoms with Crippen LogP contribution in [-0.2, 0) is 0 Å². The molecular weight excluding hydrogens is 84.1 g/mol. The smallest absolute Gasteiger partial charge is 0.0275 e. The zero-order chi connectivity index (χ0) is 5.86. The third-order valence-electron chi connectivity index (χ3n) is 1.42. The van der Waals surface area contributed by atoms with Crippen molar-refractivity contribution in [2.24, 2.45) is 5.92 Å². The molecule has 0 spiro atoms. The van der Waals surface area contributed by atoms with Crippen LogP contribution in [0.4, 0.5) is 0 Å². The van der Waals surface area contributed by atoms with Gasteiger partial charge in [-0.15, -0.1) is 0 Å². The predicted octanol–water partition coefficient (Wildman–Crippen LogP) is 2.46. The lowest BCUT2D eigenvalue weighted by Gasteiger charge is -2.09. The van der Waals surface area contributed by atoms with Crippen molar-refractivity contribution in [3.05, 3.63) is 12.8 Å². The summed E-state index contributed by atoms with van der Waals surface area (Å²) < 4.78 is 0. The van der Waals surface area contributed by atoms with E-state index in [9.17, 15) is 0 Å². The molecule has 0 saturated heterocycles. The average Bonchev–Trinajstić information content (AvgIpc) is 1.65. The average molecular weight is 98.2 g/mol. The molecule has 0 saturated carbocycles. The van der Waals surface area contributed by atoms with Crippen molar-refractivity contribution in [3.8, 4) is 0 Å². The lowest BCUT2D eigenvalue weighted by molar-refractivity contribution is 0.611. The monoisotopic (exact) mass is 98.1 g/mol. The quantitative estimate of drug-likeness (QED) is 0.497. The van der Waals surface area contributed by atoms with Crippen LogP contribution in [0, 0.1) is 18.8 Å². The maximum atomic E-state index is 3.79. The highest BCUT2D eigenvalue weighted by molar-refractivity contribution is 4.83. The molecule has 1 unspecified atom stereocenters. The van der Waals surface area contributed by atoms with Gasteiger partial charge in [0.05, 0.1) is 0 Å². The fourth-order valence-corrected chi connectivity index (χ4v) is 0.289. The summed E-state index contributed by atoms with van der Waals surface area (Å²) in [4.78, 5) is 0. The molecule has 1 atom stereocenters. The van der Waals surface area contributed by atoms with Crippen molar-refractivity contribution in [1.82, 2.24) is 0 Å². The first-order chi connectivity index (χ1) is 3.18. The van der Waals surface area contributed by atoms with Crippen molar-refractivity contribution in [3.63, 3.8) is 0 Å². The molecule has 0 heteroatoms. The Morgan fingerprint density at radius 2 is 2.00 bits per heavy atom. The molecule has 0 nitrogen and oxygen atoms in total. The van der Waals surface area contributed by atoms with Crippen LogP contribution in [0.5, 0.6) is 0 Å². The Kier molecular flexibility index (Phi) is 3.06. The Morgan fingerprint density at radius 3 is 2.00 bits per heavy atom. The van der Waals surface area contributed by atoms with Crippen molar-refractivity contribution in [2.45, 2.75) is 27.2 Å². The molecule has 7 heavy (non-hydrogen) atoms. The molecule has 0 aliphatic carbocycles. The summed E-state index contributed by atoms with van der Waals surface area (Å²) in [5.74, 6) is 2.19. The molecule has 0 aromatic carbocycles. The predicted molar refractivity (Wildman–Crippen MR) is 33.7 cm³/mol. The van der Waals surface area contributed by atoms with E-state index < -0.39 is 0 Å². The fraction of sp³-hybridized carbons (Fsp3) is 0.714. The van der Waals surface area contributed by atoms with Gasteiger partial charge in [-0.25, -0.2) is 0 Å². The van der Waals surface area contributed by atoms with Crippen LogP contribution < -0.4 is 0 Å². The van der Waals surface area contributed by atoms with Gasteiger partial charge in [-0.2, -0.15) is 0 Å². The highest BCUT2D eigenvalue weighted by Crippen LogP contribution is 2.13. The zero-order valence-corrected chi connectivity index (χ0v) is 5.49. The van der Waals surface area contributed by atoms with Gasteiger partial charge in [0.15, 0.2) is 0 Å². The van der Waals surface area contributed by atoms with Crippen molar-refractivity contribution >= 4 is 0 Å². The van der Waals surface area contributed by atoms with Crippen LogP contribution in [0.3, 0.4) is 0 Å². The van der Waals surface area contributed by atoms with E-state index in [2.05, 4.69) is 27.7 Å². The summed E-state index contributed by atoms with van der Waals surface area (Å²) in [7, 11) is 0. The van der Waals surface area contributed by atoms with E-state index >= 15 is 0 Å². The van der Waals surface area contributed by atoms with Gasteiger partial charge < -0.3 is 0 Å². The summed E-state index contributed by atoms with van der Waals surface area (Å²) >= 11 is 0. The molecule has 0 fully saturated rings. The number of hydrogen-bond acceptors (Lipinski definition) is 0. The van der Waals surface area contributed by atoms with E-state index in [0.29, 0.717) is 5.92 Å². The summed E-state index contributed by atoms with van der Waals surface area (Å²) in [6.07, 6.45) is 1.03. The van der Waals surface area contributed by atoms with E-state index in [-0.39, 0.29) is 0 Å². The number of rotatable bonds is 2. The molecule has 0 aromatic heterocycles. The molecule has 0 rings (SSSR count). The first-order valence-corrected chi connectivity index (χ1v) is 2.77. The highest BCUT2D eigenvalue weighted by Gasteiger charge is 2.01. The Bertz CT molecular complexity index is 37.3. The van der Waals surface area contributed by atoms with Gasteiger partial charge in [0.2, 0.25) is 0 Å². The molecule has 0 aliphatic heterocycles. The second-order valence-electron chi connectivity index (χ2n) is 2.27. The first-order valence-electron chi connectivity index (χ1n) is 2.77. The fourth-order valence-electron chi connectivity index (χ4n) is 0.289. The standard InChI is InChI=1S/C7H14/c1-5-7(4)6(2)3/h7H,1,5H2,2-4H3. The molecule has 0 amide bonds. The second kappa shape index (κ2) is 3.06. The zero-order valence-electron chi connectivity index (χ0n) is 5.49. The van der Waals surface area contributed by atoms with Crippen LogP contribution in [0.2, 0.25) is 0 Å². The molecule has 0 aliphatic rings. The van der Waals surface area contributed by atoms with Crippen LogP contribution >= 0.6 is 0 Å². The van der Waals surface area contributed by atoms with Crippen molar-refractivity contribution in [2.75, 3.05) is 0 Å². The van der Waals surface area contributed by atoms with Crippen molar-refractivity contribution < 1.29 is 0 Å². The van der Waals surface area contributed by atoms with Crippen molar-refractivity contribution in [1.29, 1.82) is 0 Å². The van der Waals surface area contributed by atoms with E-state index in [1.807, 2.05) is 0 Å². The molecule has 0 heterocycles. The molecule has 2 radical (unpaired) electrons. The Morgan fingerprint density at radius 1 is 1.57 bits per heavy atom. The van der Waals surface area contributed by atoms with Gasteiger partial charge in [0.25, 0.3) is 0 Å². The maximum absolute atomic E-state index is 3.79. The minimum absolute atomic E-state index is 0.708. The SMILES string of the molecule is [CH2]CC(C)[C](C)C. The van der Waals surface area contributed by atoms with Gasteiger partial charge in [-0.05, 0) is 11.8 Å². The second-order valence-corrected chi connectivity index (χ2v) is 2.27. The highest BCUT2D eigenvalue weighted by atomic mass is 14.1. The topological polar surface area (TPSA) is 0 Å². The molecule has 0 aromatic rings. The normalized spacial score (nSPS) is 15.0. The van der Waals surface area contributed by atoms with E-state index in [0.717, 1.165) is 6.42 Å². The molecule has 0 N–H and O–H groups in total. The lowest BCUT2D eigenvalue weighted by Crippen LogP contribution is -1.98. The van der Waals surface area contributed by atoms with Crippen LogP contribution in [0.1, 0.15) is 27.2 Å². The maximum Gasteiger partial charge on any atom is -0.0275 e. The summed E-state index contributed by atoms with van der Waals surface area (Å²) in [6, 6.07) is 0. The Balaban J connectivity index is 3.14. The van der Waals surface area contributed by atoms with E-state index in [1.54, 1.807) is 0 Å². The van der Waals surface area contributed by atoms with Gasteiger partial charge in [0, 0.05) is 0 Å². The summed E-state index contributed by atoms with van der Waals surface area (Å²) in [5, 5.41) is 0. The number of hydrogen-bond donors (Lipinski definition) is 0. The largest absolute Gasteiger partial charge is 0.0620 e.